The van der Waals surface area contributed by atoms with Gasteiger partial charge in [0.1, 0.15) is 0 Å². The summed E-state index contributed by atoms with van der Waals surface area (Å²) < 4.78 is 0. The Morgan fingerprint density at radius 2 is 2.00 bits per heavy atom. The van der Waals surface area contributed by atoms with Crippen LogP contribution in [0, 0.1) is 34.5 Å². The van der Waals surface area contributed by atoms with Crippen LogP contribution in [0.5, 0.6) is 0 Å². The normalized spacial score (nSPS) is 48.2. The third-order valence-electron chi connectivity index (χ3n) is 9.14. The minimum absolute atomic E-state index is 0.0816. The van der Waals surface area contributed by atoms with E-state index in [0.717, 1.165) is 37.2 Å². The number of carbonyl (C=O) groups is 1. The van der Waals surface area contributed by atoms with Crippen molar-refractivity contribution in [1.29, 1.82) is 0 Å². The molecule has 3 heteroatoms. The van der Waals surface area contributed by atoms with Gasteiger partial charge >= 0.3 is 0 Å². The van der Waals surface area contributed by atoms with Crippen molar-refractivity contribution in [2.75, 3.05) is 0 Å². The third-order valence-corrected chi connectivity index (χ3v) is 9.96. The minimum Gasteiger partial charge on any atom is -0.393 e. The molecule has 0 amide bonds. The zero-order chi connectivity index (χ0) is 18.8. The Hall–Kier alpha value is -0.930. The molecule has 0 radical (unpaired) electrons. The Morgan fingerprint density at radius 3 is 2.78 bits per heavy atom. The quantitative estimate of drug-likeness (QED) is 0.629. The molecule has 0 unspecified atom stereocenters. The van der Waals surface area contributed by atoms with Gasteiger partial charge in [0.25, 0.3) is 0 Å². The lowest BCUT2D eigenvalue weighted by molar-refractivity contribution is -0.141. The average Bonchev–Trinajstić information content (AvgIpc) is 3.24. The van der Waals surface area contributed by atoms with Gasteiger partial charge in [0.15, 0.2) is 5.78 Å². The minimum atomic E-state index is -0.137. The Morgan fingerprint density at radius 1 is 1.15 bits per heavy atom. The lowest BCUT2D eigenvalue weighted by Gasteiger charge is -2.59. The molecular formula is C24H32O2S. The molecule has 5 rings (SSSR count). The number of aliphatic hydroxyl groups excluding tert-OH is 1. The summed E-state index contributed by atoms with van der Waals surface area (Å²) in [5.74, 6) is 3.09. The molecule has 4 aliphatic rings. The van der Waals surface area contributed by atoms with Gasteiger partial charge in [-0.3, -0.25) is 4.79 Å². The number of ketones is 1. The number of hydrogen-bond donors (Lipinski definition) is 1. The van der Waals surface area contributed by atoms with Crippen LogP contribution in [-0.2, 0) is 4.79 Å². The summed E-state index contributed by atoms with van der Waals surface area (Å²) in [5.41, 5.74) is 1.32. The second kappa shape index (κ2) is 6.29. The van der Waals surface area contributed by atoms with Gasteiger partial charge in [0.05, 0.1) is 6.10 Å². The molecule has 1 N–H and O–H groups in total. The topological polar surface area (TPSA) is 37.3 Å². The van der Waals surface area contributed by atoms with Gasteiger partial charge in [-0.25, -0.2) is 0 Å². The molecule has 146 valence electrons. The second-order valence-electron chi connectivity index (χ2n) is 10.3. The number of aliphatic hydroxyl groups is 1. The van der Waals surface area contributed by atoms with E-state index in [0.29, 0.717) is 29.0 Å². The molecule has 4 saturated carbocycles. The molecule has 4 fully saturated rings. The Labute approximate surface area is 167 Å². The van der Waals surface area contributed by atoms with E-state index in [2.05, 4.69) is 37.4 Å². The third kappa shape index (κ3) is 2.64. The molecule has 0 aliphatic heterocycles. The highest BCUT2D eigenvalue weighted by atomic mass is 32.1. The van der Waals surface area contributed by atoms with E-state index < -0.39 is 0 Å². The van der Waals surface area contributed by atoms with Gasteiger partial charge < -0.3 is 5.11 Å². The first-order valence-corrected chi connectivity index (χ1v) is 11.8. The first-order valence-electron chi connectivity index (χ1n) is 10.9. The van der Waals surface area contributed by atoms with Crippen LogP contribution in [0.15, 0.2) is 23.1 Å². The molecule has 0 bridgehead atoms. The summed E-state index contributed by atoms with van der Waals surface area (Å²) in [4.78, 5) is 14.6. The fraction of sp³-hybridized carbons (Fsp3) is 0.708. The Balaban J connectivity index is 1.46. The van der Waals surface area contributed by atoms with Crippen molar-refractivity contribution < 1.29 is 9.90 Å². The first kappa shape index (κ1) is 18.1. The predicted octanol–water partition coefficient (Wildman–Crippen LogP) is 5.71. The molecule has 27 heavy (non-hydrogen) atoms. The maximum atomic E-state index is 13.4. The van der Waals surface area contributed by atoms with Gasteiger partial charge in [-0.15, -0.1) is 11.3 Å². The number of thiophene rings is 1. The van der Waals surface area contributed by atoms with Crippen molar-refractivity contribution in [2.24, 2.45) is 34.5 Å². The molecule has 1 aromatic heterocycles. The van der Waals surface area contributed by atoms with E-state index in [4.69, 9.17) is 0 Å². The van der Waals surface area contributed by atoms with Crippen LogP contribution < -0.4 is 0 Å². The van der Waals surface area contributed by atoms with Gasteiger partial charge in [-0.1, -0.05) is 19.9 Å². The van der Waals surface area contributed by atoms with Gasteiger partial charge in [0, 0.05) is 10.3 Å². The highest BCUT2D eigenvalue weighted by molar-refractivity contribution is 7.10. The van der Waals surface area contributed by atoms with E-state index in [1.165, 1.54) is 30.6 Å². The van der Waals surface area contributed by atoms with E-state index in [9.17, 15) is 9.90 Å². The zero-order valence-corrected chi connectivity index (χ0v) is 17.4. The highest BCUT2D eigenvalue weighted by Gasteiger charge is 2.61. The van der Waals surface area contributed by atoms with Crippen LogP contribution in [0.1, 0.15) is 70.1 Å². The molecule has 1 heterocycles. The number of allylic oxidation sites excluding steroid dienone is 1. The van der Waals surface area contributed by atoms with Crippen LogP contribution in [0.3, 0.4) is 0 Å². The molecule has 1 aromatic rings. The summed E-state index contributed by atoms with van der Waals surface area (Å²) in [7, 11) is 0. The smallest absolute Gasteiger partial charge is 0.165 e. The summed E-state index contributed by atoms with van der Waals surface area (Å²) in [6.07, 6.45) is 11.0. The largest absolute Gasteiger partial charge is 0.393 e. The van der Waals surface area contributed by atoms with Crippen molar-refractivity contribution in [3.63, 3.8) is 0 Å². The fourth-order valence-corrected chi connectivity index (χ4v) is 8.26. The maximum absolute atomic E-state index is 13.4. The Kier molecular flexibility index (Phi) is 4.22. The summed E-state index contributed by atoms with van der Waals surface area (Å²) in [6, 6.07) is 4.19. The molecular weight excluding hydrogens is 352 g/mol. The number of rotatable bonds is 1. The van der Waals surface area contributed by atoms with Crippen LogP contribution in [0.2, 0.25) is 0 Å². The van der Waals surface area contributed by atoms with Crippen molar-refractivity contribution in [1.82, 2.24) is 0 Å². The van der Waals surface area contributed by atoms with E-state index in [1.807, 2.05) is 0 Å². The molecule has 7 atom stereocenters. The van der Waals surface area contributed by atoms with Gasteiger partial charge in [-0.05, 0) is 104 Å². The SMILES string of the molecule is C[C@]12CC[C@H](O)C[C@@H]1CC[C@H]1[C@H]2CC[C@@]2(C)C(=O)/C(=C/c3cccs3)C[C@H]12. The van der Waals surface area contributed by atoms with Crippen molar-refractivity contribution >= 4 is 23.2 Å². The van der Waals surface area contributed by atoms with Crippen LogP contribution in [-0.4, -0.2) is 17.0 Å². The lowest BCUT2D eigenvalue weighted by Crippen LogP contribution is -2.54. The average molecular weight is 385 g/mol. The van der Waals surface area contributed by atoms with Crippen LogP contribution in [0.25, 0.3) is 6.08 Å². The van der Waals surface area contributed by atoms with Crippen molar-refractivity contribution in [3.8, 4) is 0 Å². The fourth-order valence-electron chi connectivity index (χ4n) is 7.58. The zero-order valence-electron chi connectivity index (χ0n) is 16.6. The van der Waals surface area contributed by atoms with E-state index in [1.54, 1.807) is 11.3 Å². The molecule has 4 aliphatic carbocycles. The van der Waals surface area contributed by atoms with Crippen LogP contribution in [0.4, 0.5) is 0 Å². The Bertz CT molecular complexity index is 765. The number of hydrogen-bond acceptors (Lipinski definition) is 3. The number of Topliss-reactive ketones (excluding diaryl/α,β-unsaturated/α-hetero) is 1. The van der Waals surface area contributed by atoms with E-state index in [-0.39, 0.29) is 11.5 Å². The molecule has 0 saturated heterocycles. The molecule has 0 spiro atoms. The monoisotopic (exact) mass is 384 g/mol. The van der Waals surface area contributed by atoms with Crippen molar-refractivity contribution in [3.05, 3.63) is 28.0 Å². The van der Waals surface area contributed by atoms with Crippen molar-refractivity contribution in [2.45, 2.75) is 71.3 Å². The lowest BCUT2D eigenvalue weighted by atomic mass is 9.45. The summed E-state index contributed by atoms with van der Waals surface area (Å²) in [5, 5.41) is 12.3. The van der Waals surface area contributed by atoms with Crippen LogP contribution >= 0.6 is 11.3 Å². The number of carbonyl (C=O) groups excluding carboxylic acids is 1. The van der Waals surface area contributed by atoms with Gasteiger partial charge in [-0.2, -0.15) is 0 Å². The first-order chi connectivity index (χ1) is 12.9. The van der Waals surface area contributed by atoms with E-state index >= 15 is 0 Å². The molecule has 2 nitrogen and oxygen atoms in total. The second-order valence-corrected chi connectivity index (χ2v) is 11.2. The summed E-state index contributed by atoms with van der Waals surface area (Å²) in [6.45, 7) is 4.78. The highest BCUT2D eigenvalue weighted by Crippen LogP contribution is 2.66. The molecule has 0 aromatic carbocycles. The number of fused-ring (bicyclic) bond motifs is 5. The maximum Gasteiger partial charge on any atom is 0.165 e. The summed E-state index contributed by atoms with van der Waals surface area (Å²) >= 11 is 1.73. The van der Waals surface area contributed by atoms with Gasteiger partial charge in [0.2, 0.25) is 0 Å². The predicted molar refractivity (Wildman–Crippen MR) is 110 cm³/mol. The standard InChI is InChI=1S/C24H32O2S/c1-23-9-7-17(25)14-16(23)5-6-19-20(23)8-10-24(2)21(19)13-15(22(24)26)12-18-4-3-11-27-18/h3-4,11-12,16-17,19-21,25H,5-10,13-14H2,1-2H3/b15-12+/t16-,17-,19-,20+,21+,23-,24+/m0/s1.